The first-order valence-electron chi connectivity index (χ1n) is 4.53. The molecule has 0 aliphatic heterocycles. The van der Waals surface area contributed by atoms with Crippen LogP contribution in [0.15, 0.2) is 11.0 Å². The molecule has 2 N–H and O–H groups in total. The van der Waals surface area contributed by atoms with E-state index in [1.54, 1.807) is 13.8 Å². The summed E-state index contributed by atoms with van der Waals surface area (Å²) < 4.78 is 5.92. The Morgan fingerprint density at radius 1 is 1.67 bits per heavy atom. The van der Waals surface area contributed by atoms with Crippen molar-refractivity contribution in [3.05, 3.63) is 22.4 Å². The van der Waals surface area contributed by atoms with Crippen molar-refractivity contribution in [2.45, 2.75) is 20.4 Å². The van der Waals surface area contributed by atoms with Crippen LogP contribution >= 0.6 is 0 Å². The molecule has 0 radical (unpaired) electrons. The highest BCUT2D eigenvalue weighted by Gasteiger charge is 2.09. The van der Waals surface area contributed by atoms with Crippen LogP contribution in [0.4, 0.5) is 5.69 Å². The number of carbonyl (C=O) groups excluding carboxylic acids is 1. The summed E-state index contributed by atoms with van der Waals surface area (Å²) in [6, 6.07) is 0. The summed E-state index contributed by atoms with van der Waals surface area (Å²) in [5, 5.41) is 0. The van der Waals surface area contributed by atoms with Gasteiger partial charge < -0.3 is 10.5 Å². The van der Waals surface area contributed by atoms with Gasteiger partial charge in [0.1, 0.15) is 18.1 Å². The van der Waals surface area contributed by atoms with Crippen molar-refractivity contribution in [2.75, 3.05) is 12.3 Å². The predicted molar refractivity (Wildman–Crippen MR) is 54.3 cm³/mol. The average Bonchev–Trinajstić information content (AvgIpc) is 2.19. The molecule has 6 heteroatoms. The Morgan fingerprint density at radius 2 is 2.33 bits per heavy atom. The summed E-state index contributed by atoms with van der Waals surface area (Å²) in [7, 11) is 0. The molecular weight excluding hydrogens is 198 g/mol. The molecule has 0 unspecified atom stereocenters. The number of nitrogens with zero attached hydrogens (tertiary/aromatic N) is 2. The molecule has 0 aliphatic rings. The molecule has 6 nitrogen and oxygen atoms in total. The molecule has 1 rings (SSSR count). The van der Waals surface area contributed by atoms with Crippen LogP contribution in [0.3, 0.4) is 0 Å². The zero-order chi connectivity index (χ0) is 11.4. The molecule has 1 aromatic rings. The molecule has 0 bridgehead atoms. The molecule has 1 aromatic heterocycles. The minimum absolute atomic E-state index is 0.0184. The molecular formula is C9H13N3O3. The molecule has 0 aliphatic carbocycles. The second-order valence-corrected chi connectivity index (χ2v) is 2.96. The number of rotatable bonds is 3. The number of esters is 1. The lowest BCUT2D eigenvalue weighted by atomic mass is 10.4. The third-order valence-electron chi connectivity index (χ3n) is 1.87. The first kappa shape index (κ1) is 11.2. The Labute approximate surface area is 86.7 Å². The fourth-order valence-electron chi connectivity index (χ4n) is 1.11. The minimum Gasteiger partial charge on any atom is -0.465 e. The molecule has 0 amide bonds. The minimum atomic E-state index is -0.477. The van der Waals surface area contributed by atoms with E-state index in [4.69, 9.17) is 10.5 Å². The van der Waals surface area contributed by atoms with Crippen LogP contribution < -0.4 is 11.3 Å². The Kier molecular flexibility index (Phi) is 3.43. The van der Waals surface area contributed by atoms with Gasteiger partial charge in [-0.1, -0.05) is 0 Å². The van der Waals surface area contributed by atoms with E-state index in [2.05, 4.69) is 4.98 Å². The average molecular weight is 211 g/mol. The van der Waals surface area contributed by atoms with Gasteiger partial charge in [0.2, 0.25) is 0 Å². The standard InChI is InChI=1S/C9H13N3O3/c1-3-15-8(13)5-12-6(2)11-4-7(10)9(12)14/h4H,3,5,10H2,1-2H3. The van der Waals surface area contributed by atoms with Gasteiger partial charge in [0.05, 0.1) is 12.8 Å². The van der Waals surface area contributed by atoms with Crippen molar-refractivity contribution in [3.63, 3.8) is 0 Å². The van der Waals surface area contributed by atoms with Crippen LogP contribution in [-0.4, -0.2) is 22.1 Å². The number of nitrogen functional groups attached to an aromatic ring is 1. The Hall–Kier alpha value is -1.85. The first-order chi connectivity index (χ1) is 7.06. The molecule has 82 valence electrons. The van der Waals surface area contributed by atoms with E-state index in [0.29, 0.717) is 5.82 Å². The number of hydrogen-bond acceptors (Lipinski definition) is 5. The molecule has 15 heavy (non-hydrogen) atoms. The van der Waals surface area contributed by atoms with Gasteiger partial charge in [-0.3, -0.25) is 14.2 Å². The van der Waals surface area contributed by atoms with Gasteiger partial charge in [-0.05, 0) is 13.8 Å². The van der Waals surface area contributed by atoms with Gasteiger partial charge in [-0.25, -0.2) is 4.98 Å². The van der Waals surface area contributed by atoms with Gasteiger partial charge in [0, 0.05) is 0 Å². The summed E-state index contributed by atoms with van der Waals surface area (Å²) in [6.07, 6.45) is 1.28. The van der Waals surface area contributed by atoms with E-state index in [0.717, 1.165) is 0 Å². The van der Waals surface area contributed by atoms with Crippen LogP contribution in [0.2, 0.25) is 0 Å². The lowest BCUT2D eigenvalue weighted by molar-refractivity contribution is -0.143. The predicted octanol–water partition coefficient (Wildman–Crippen LogP) is -0.303. The number of aryl methyl sites for hydroxylation is 1. The smallest absolute Gasteiger partial charge is 0.326 e. The van der Waals surface area contributed by atoms with Crippen molar-refractivity contribution in [3.8, 4) is 0 Å². The third-order valence-corrected chi connectivity index (χ3v) is 1.87. The lowest BCUT2D eigenvalue weighted by Crippen LogP contribution is -2.29. The summed E-state index contributed by atoms with van der Waals surface area (Å²) in [4.78, 5) is 26.6. The number of hydrogen-bond donors (Lipinski definition) is 1. The topological polar surface area (TPSA) is 87.2 Å². The number of ether oxygens (including phenoxy) is 1. The highest BCUT2D eigenvalue weighted by atomic mass is 16.5. The van der Waals surface area contributed by atoms with Gasteiger partial charge in [0.25, 0.3) is 5.56 Å². The first-order valence-corrected chi connectivity index (χ1v) is 4.53. The van der Waals surface area contributed by atoms with Crippen molar-refractivity contribution >= 4 is 11.7 Å². The van der Waals surface area contributed by atoms with Crippen LogP contribution in [0.5, 0.6) is 0 Å². The van der Waals surface area contributed by atoms with E-state index in [9.17, 15) is 9.59 Å². The van der Waals surface area contributed by atoms with E-state index in [-0.39, 0.29) is 18.8 Å². The quantitative estimate of drug-likeness (QED) is 0.693. The van der Waals surface area contributed by atoms with Gasteiger partial charge >= 0.3 is 5.97 Å². The number of anilines is 1. The van der Waals surface area contributed by atoms with Gasteiger partial charge in [0.15, 0.2) is 0 Å². The lowest BCUT2D eigenvalue weighted by Gasteiger charge is -2.08. The Morgan fingerprint density at radius 3 is 2.93 bits per heavy atom. The van der Waals surface area contributed by atoms with Crippen LogP contribution in [0.1, 0.15) is 12.7 Å². The molecule has 0 saturated heterocycles. The highest BCUT2D eigenvalue weighted by molar-refractivity contribution is 5.69. The zero-order valence-corrected chi connectivity index (χ0v) is 8.69. The Bertz CT molecular complexity index is 425. The van der Waals surface area contributed by atoms with Crippen molar-refractivity contribution < 1.29 is 9.53 Å². The van der Waals surface area contributed by atoms with Crippen molar-refractivity contribution in [1.29, 1.82) is 0 Å². The third kappa shape index (κ3) is 2.55. The zero-order valence-electron chi connectivity index (χ0n) is 8.69. The maximum Gasteiger partial charge on any atom is 0.326 e. The van der Waals surface area contributed by atoms with Crippen molar-refractivity contribution in [1.82, 2.24) is 9.55 Å². The molecule has 0 spiro atoms. The maximum atomic E-state index is 11.5. The monoisotopic (exact) mass is 211 g/mol. The maximum absolute atomic E-state index is 11.5. The van der Waals surface area contributed by atoms with Gasteiger partial charge in [-0.2, -0.15) is 0 Å². The largest absolute Gasteiger partial charge is 0.465 e. The molecule has 0 aromatic carbocycles. The highest BCUT2D eigenvalue weighted by Crippen LogP contribution is 1.95. The van der Waals surface area contributed by atoms with E-state index in [1.807, 2.05) is 0 Å². The SMILES string of the molecule is CCOC(=O)Cn1c(C)ncc(N)c1=O. The van der Waals surface area contributed by atoms with E-state index in [1.165, 1.54) is 10.8 Å². The normalized spacial score (nSPS) is 10.0. The molecule has 0 saturated carbocycles. The summed E-state index contributed by atoms with van der Waals surface area (Å²) in [5.41, 5.74) is 4.99. The molecule has 1 heterocycles. The number of nitrogens with two attached hydrogens (primary N) is 1. The van der Waals surface area contributed by atoms with E-state index < -0.39 is 11.5 Å². The van der Waals surface area contributed by atoms with Crippen LogP contribution in [0.25, 0.3) is 0 Å². The molecule has 0 fully saturated rings. The fraction of sp³-hybridized carbons (Fsp3) is 0.444. The van der Waals surface area contributed by atoms with E-state index >= 15 is 0 Å². The van der Waals surface area contributed by atoms with Crippen molar-refractivity contribution in [2.24, 2.45) is 0 Å². The summed E-state index contributed by atoms with van der Waals surface area (Å²) in [5.74, 6) is -0.0441. The summed E-state index contributed by atoms with van der Waals surface area (Å²) >= 11 is 0. The number of carbonyl (C=O) groups is 1. The molecule has 0 atom stereocenters. The fourth-order valence-corrected chi connectivity index (χ4v) is 1.11. The van der Waals surface area contributed by atoms with Gasteiger partial charge in [-0.15, -0.1) is 0 Å². The Balaban J connectivity index is 2.99. The van der Waals surface area contributed by atoms with Crippen LogP contribution in [-0.2, 0) is 16.1 Å². The second-order valence-electron chi connectivity index (χ2n) is 2.96. The summed E-state index contributed by atoms with van der Waals surface area (Å²) in [6.45, 7) is 3.45. The number of aromatic nitrogens is 2. The van der Waals surface area contributed by atoms with Crippen LogP contribution in [0, 0.1) is 6.92 Å². The second kappa shape index (κ2) is 4.59.